The minimum absolute atomic E-state index is 0.425. The molecular formula is C11H11N3O2. The standard InChI is InChI=1S/C11H11N3O2/c1-15-10-7-8(4-5-9(10)12)16-11-3-2-6-13-14-11/h2-7H,12H2,1H3. The summed E-state index contributed by atoms with van der Waals surface area (Å²) in [6.45, 7) is 0. The van der Waals surface area contributed by atoms with Crippen molar-refractivity contribution in [3.05, 3.63) is 36.5 Å². The van der Waals surface area contributed by atoms with E-state index >= 15 is 0 Å². The van der Waals surface area contributed by atoms with Gasteiger partial charge in [-0.25, -0.2) is 0 Å². The fourth-order valence-electron chi connectivity index (χ4n) is 1.22. The first kappa shape index (κ1) is 10.2. The monoisotopic (exact) mass is 217 g/mol. The highest BCUT2D eigenvalue weighted by atomic mass is 16.5. The maximum Gasteiger partial charge on any atom is 0.238 e. The minimum Gasteiger partial charge on any atom is -0.494 e. The van der Waals surface area contributed by atoms with Crippen LogP contribution in [0.1, 0.15) is 0 Å². The molecule has 2 N–H and O–H groups in total. The molecule has 1 aromatic carbocycles. The zero-order valence-electron chi connectivity index (χ0n) is 8.75. The van der Waals surface area contributed by atoms with Crippen LogP contribution < -0.4 is 15.2 Å². The van der Waals surface area contributed by atoms with Gasteiger partial charge in [-0.2, -0.15) is 5.10 Å². The van der Waals surface area contributed by atoms with Crippen LogP contribution in [0, 0.1) is 0 Å². The molecule has 0 aliphatic carbocycles. The summed E-state index contributed by atoms with van der Waals surface area (Å²) >= 11 is 0. The molecule has 5 nitrogen and oxygen atoms in total. The number of hydrogen-bond donors (Lipinski definition) is 1. The van der Waals surface area contributed by atoms with Gasteiger partial charge in [0.15, 0.2) is 0 Å². The van der Waals surface area contributed by atoms with Gasteiger partial charge in [0.05, 0.1) is 12.8 Å². The SMILES string of the molecule is COc1cc(Oc2cccnn2)ccc1N. The number of nitrogens with zero attached hydrogens (tertiary/aromatic N) is 2. The minimum atomic E-state index is 0.425. The summed E-state index contributed by atoms with van der Waals surface area (Å²) in [4.78, 5) is 0. The van der Waals surface area contributed by atoms with Gasteiger partial charge < -0.3 is 15.2 Å². The Morgan fingerprint density at radius 2 is 2.12 bits per heavy atom. The van der Waals surface area contributed by atoms with Crippen molar-refractivity contribution >= 4 is 5.69 Å². The van der Waals surface area contributed by atoms with Gasteiger partial charge in [-0.15, -0.1) is 5.10 Å². The number of nitrogen functional groups attached to an aromatic ring is 1. The number of hydrogen-bond acceptors (Lipinski definition) is 5. The smallest absolute Gasteiger partial charge is 0.238 e. The van der Waals surface area contributed by atoms with Crippen LogP contribution >= 0.6 is 0 Å². The van der Waals surface area contributed by atoms with E-state index in [0.717, 1.165) is 0 Å². The predicted molar refractivity (Wildman–Crippen MR) is 59.5 cm³/mol. The van der Waals surface area contributed by atoms with E-state index in [9.17, 15) is 0 Å². The van der Waals surface area contributed by atoms with Crippen molar-refractivity contribution in [3.63, 3.8) is 0 Å². The summed E-state index contributed by atoms with van der Waals surface area (Å²) in [7, 11) is 1.55. The number of anilines is 1. The van der Waals surface area contributed by atoms with Crippen molar-refractivity contribution in [2.45, 2.75) is 0 Å². The van der Waals surface area contributed by atoms with E-state index in [1.807, 2.05) is 0 Å². The van der Waals surface area contributed by atoms with E-state index in [4.69, 9.17) is 15.2 Å². The van der Waals surface area contributed by atoms with Crippen molar-refractivity contribution in [1.82, 2.24) is 10.2 Å². The lowest BCUT2D eigenvalue weighted by molar-refractivity contribution is 0.408. The lowest BCUT2D eigenvalue weighted by Gasteiger charge is -2.07. The van der Waals surface area contributed by atoms with Crippen LogP contribution in [-0.2, 0) is 0 Å². The third kappa shape index (κ3) is 2.20. The van der Waals surface area contributed by atoms with Crippen molar-refractivity contribution < 1.29 is 9.47 Å². The topological polar surface area (TPSA) is 70.3 Å². The maximum atomic E-state index is 5.68. The Hall–Kier alpha value is -2.30. The molecule has 1 aromatic heterocycles. The van der Waals surface area contributed by atoms with Gasteiger partial charge in [0.1, 0.15) is 11.5 Å². The van der Waals surface area contributed by atoms with Gasteiger partial charge in [-0.05, 0) is 18.2 Å². The zero-order chi connectivity index (χ0) is 11.4. The van der Waals surface area contributed by atoms with Crippen molar-refractivity contribution in [2.75, 3.05) is 12.8 Å². The molecule has 0 saturated carbocycles. The largest absolute Gasteiger partial charge is 0.494 e. The summed E-state index contributed by atoms with van der Waals surface area (Å²) < 4.78 is 10.5. The fourth-order valence-corrected chi connectivity index (χ4v) is 1.22. The van der Waals surface area contributed by atoms with Gasteiger partial charge in [-0.3, -0.25) is 0 Å². The summed E-state index contributed by atoms with van der Waals surface area (Å²) in [6.07, 6.45) is 1.58. The van der Waals surface area contributed by atoms with E-state index in [0.29, 0.717) is 23.1 Å². The number of ether oxygens (including phenoxy) is 2. The number of aromatic nitrogens is 2. The van der Waals surface area contributed by atoms with Gasteiger partial charge in [-0.1, -0.05) is 0 Å². The van der Waals surface area contributed by atoms with Crippen LogP contribution in [-0.4, -0.2) is 17.3 Å². The van der Waals surface area contributed by atoms with E-state index in [-0.39, 0.29) is 0 Å². The van der Waals surface area contributed by atoms with Crippen LogP contribution in [0.25, 0.3) is 0 Å². The van der Waals surface area contributed by atoms with E-state index < -0.39 is 0 Å². The zero-order valence-corrected chi connectivity index (χ0v) is 8.75. The molecule has 2 aromatic rings. The molecule has 0 aliphatic heterocycles. The molecule has 0 spiro atoms. The third-order valence-electron chi connectivity index (χ3n) is 1.98. The van der Waals surface area contributed by atoms with E-state index in [1.54, 1.807) is 43.6 Å². The molecule has 0 atom stereocenters. The normalized spacial score (nSPS) is 9.81. The van der Waals surface area contributed by atoms with Crippen molar-refractivity contribution in [1.29, 1.82) is 0 Å². The predicted octanol–water partition coefficient (Wildman–Crippen LogP) is 1.86. The summed E-state index contributed by atoms with van der Waals surface area (Å²) in [5.74, 6) is 1.60. The second-order valence-electron chi connectivity index (χ2n) is 3.07. The first-order chi connectivity index (χ1) is 7.79. The Labute approximate surface area is 92.8 Å². The Morgan fingerprint density at radius 3 is 2.81 bits per heavy atom. The molecule has 0 unspecified atom stereocenters. The van der Waals surface area contributed by atoms with Crippen molar-refractivity contribution in [2.24, 2.45) is 0 Å². The van der Waals surface area contributed by atoms with E-state index in [2.05, 4.69) is 10.2 Å². The highest BCUT2D eigenvalue weighted by molar-refractivity contribution is 5.55. The highest BCUT2D eigenvalue weighted by Crippen LogP contribution is 2.28. The van der Waals surface area contributed by atoms with E-state index in [1.165, 1.54) is 0 Å². The van der Waals surface area contributed by atoms with Crippen LogP contribution in [0.2, 0.25) is 0 Å². The average molecular weight is 217 g/mol. The van der Waals surface area contributed by atoms with Gasteiger partial charge in [0, 0.05) is 18.3 Å². The molecule has 16 heavy (non-hydrogen) atoms. The second-order valence-corrected chi connectivity index (χ2v) is 3.07. The molecule has 2 rings (SSSR count). The average Bonchev–Trinajstić information content (AvgIpc) is 2.33. The molecule has 1 heterocycles. The Kier molecular flexibility index (Phi) is 2.86. The fraction of sp³-hybridized carbons (Fsp3) is 0.0909. The summed E-state index contributed by atoms with van der Waals surface area (Å²) in [5, 5.41) is 7.52. The van der Waals surface area contributed by atoms with Gasteiger partial charge >= 0.3 is 0 Å². The number of methoxy groups -OCH3 is 1. The third-order valence-corrected chi connectivity index (χ3v) is 1.98. The first-order valence-electron chi connectivity index (χ1n) is 4.68. The molecule has 5 heteroatoms. The van der Waals surface area contributed by atoms with Crippen LogP contribution in [0.3, 0.4) is 0 Å². The molecule has 0 bridgehead atoms. The molecule has 0 aliphatic rings. The number of nitrogens with two attached hydrogens (primary N) is 1. The van der Waals surface area contributed by atoms with Crippen molar-refractivity contribution in [3.8, 4) is 17.4 Å². The van der Waals surface area contributed by atoms with Crippen LogP contribution in [0.15, 0.2) is 36.5 Å². The molecule has 0 radical (unpaired) electrons. The Bertz CT molecular complexity index is 474. The van der Waals surface area contributed by atoms with Gasteiger partial charge in [0.2, 0.25) is 5.88 Å². The van der Waals surface area contributed by atoms with Gasteiger partial charge in [0.25, 0.3) is 0 Å². The second kappa shape index (κ2) is 4.48. The number of rotatable bonds is 3. The molecule has 0 fully saturated rings. The Balaban J connectivity index is 2.22. The first-order valence-corrected chi connectivity index (χ1v) is 4.68. The van der Waals surface area contributed by atoms with Crippen LogP contribution in [0.5, 0.6) is 17.4 Å². The molecule has 0 amide bonds. The lowest BCUT2D eigenvalue weighted by atomic mass is 10.3. The molecular weight excluding hydrogens is 206 g/mol. The quantitative estimate of drug-likeness (QED) is 0.794. The number of benzene rings is 1. The Morgan fingerprint density at radius 1 is 1.25 bits per heavy atom. The summed E-state index contributed by atoms with van der Waals surface area (Å²) in [6, 6.07) is 8.62. The molecule has 82 valence electrons. The summed E-state index contributed by atoms with van der Waals surface area (Å²) in [5.41, 5.74) is 6.25. The molecule has 0 saturated heterocycles. The maximum absolute atomic E-state index is 5.68. The lowest BCUT2D eigenvalue weighted by Crippen LogP contribution is -1.94. The highest BCUT2D eigenvalue weighted by Gasteiger charge is 2.03. The van der Waals surface area contributed by atoms with Crippen LogP contribution in [0.4, 0.5) is 5.69 Å².